The van der Waals surface area contributed by atoms with Gasteiger partial charge in [-0.3, -0.25) is 5.41 Å². The average molecular weight is 260 g/mol. The Balaban J connectivity index is 1.98. The molecule has 1 atom stereocenters. The quantitative estimate of drug-likeness (QED) is 0.551. The van der Waals surface area contributed by atoms with Crippen molar-refractivity contribution in [3.05, 3.63) is 22.9 Å². The van der Waals surface area contributed by atoms with Crippen LogP contribution in [-0.2, 0) is 12.8 Å². The molecule has 5 heteroatoms. The number of nitrogens with zero attached hydrogens (tertiary/aromatic N) is 2. The van der Waals surface area contributed by atoms with Gasteiger partial charge in [0.2, 0.25) is 0 Å². The first kappa shape index (κ1) is 12.4. The first-order valence-corrected chi connectivity index (χ1v) is 6.92. The highest BCUT2D eigenvalue weighted by Gasteiger charge is 2.27. The lowest BCUT2D eigenvalue weighted by molar-refractivity contribution is 0.238. The van der Waals surface area contributed by atoms with Crippen molar-refractivity contribution in [2.75, 3.05) is 24.6 Å². The number of nitrogens with two attached hydrogens (primary N) is 1. The summed E-state index contributed by atoms with van der Waals surface area (Å²) in [5.41, 5.74) is 8.86. The molecule has 3 rings (SSSR count). The summed E-state index contributed by atoms with van der Waals surface area (Å²) in [4.78, 5) is 6.91. The third-order valence-electron chi connectivity index (χ3n) is 4.16. The Morgan fingerprint density at radius 1 is 1.53 bits per heavy atom. The zero-order valence-corrected chi connectivity index (χ0v) is 11.0. The summed E-state index contributed by atoms with van der Waals surface area (Å²) in [6.45, 7) is 1.91. The predicted molar refractivity (Wildman–Crippen MR) is 74.7 cm³/mol. The van der Waals surface area contributed by atoms with Gasteiger partial charge in [0, 0.05) is 31.3 Å². The molecule has 0 aromatic carbocycles. The van der Waals surface area contributed by atoms with Gasteiger partial charge in [0.1, 0.15) is 11.7 Å². The third kappa shape index (κ3) is 2.18. The Morgan fingerprint density at radius 2 is 2.37 bits per heavy atom. The molecular formula is C14H20N4O. The molecule has 0 saturated carbocycles. The topological polar surface area (TPSA) is 86.2 Å². The van der Waals surface area contributed by atoms with E-state index in [4.69, 9.17) is 16.1 Å². The second kappa shape index (κ2) is 4.81. The molecular weight excluding hydrogens is 240 g/mol. The molecule has 1 aliphatic carbocycles. The molecule has 0 spiro atoms. The summed E-state index contributed by atoms with van der Waals surface area (Å²) in [5, 5.41) is 17.0. The van der Waals surface area contributed by atoms with Crippen molar-refractivity contribution in [3.8, 4) is 0 Å². The largest absolute Gasteiger partial charge is 0.396 e. The molecule has 102 valence electrons. The van der Waals surface area contributed by atoms with Crippen molar-refractivity contribution in [2.45, 2.75) is 25.7 Å². The summed E-state index contributed by atoms with van der Waals surface area (Å²) in [6.07, 6.45) is 4.19. The number of hydrogen-bond donors (Lipinski definition) is 3. The SMILES string of the molecule is N=C(N)c1cc2c(nc1N1CCC(CO)C1)CCC2. The number of nitrogen functional groups attached to an aromatic ring is 1. The van der Waals surface area contributed by atoms with E-state index in [9.17, 15) is 5.11 Å². The van der Waals surface area contributed by atoms with Crippen molar-refractivity contribution in [3.63, 3.8) is 0 Å². The molecule has 1 saturated heterocycles. The molecule has 0 radical (unpaired) electrons. The van der Waals surface area contributed by atoms with Gasteiger partial charge in [0.05, 0.1) is 5.56 Å². The molecule has 19 heavy (non-hydrogen) atoms. The van der Waals surface area contributed by atoms with Crippen LogP contribution in [0.3, 0.4) is 0 Å². The maximum atomic E-state index is 9.25. The second-order valence-corrected chi connectivity index (χ2v) is 5.52. The number of rotatable bonds is 3. The van der Waals surface area contributed by atoms with Gasteiger partial charge >= 0.3 is 0 Å². The zero-order valence-electron chi connectivity index (χ0n) is 11.0. The van der Waals surface area contributed by atoms with Crippen LogP contribution < -0.4 is 10.6 Å². The minimum atomic E-state index is 0.0876. The fourth-order valence-electron chi connectivity index (χ4n) is 3.07. The molecule has 1 aromatic rings. The molecule has 0 amide bonds. The van der Waals surface area contributed by atoms with E-state index in [0.717, 1.165) is 55.8 Å². The van der Waals surface area contributed by atoms with Gasteiger partial charge in [0.25, 0.3) is 0 Å². The normalized spacial score (nSPS) is 21.7. The van der Waals surface area contributed by atoms with E-state index in [2.05, 4.69) is 4.90 Å². The number of amidine groups is 1. The van der Waals surface area contributed by atoms with E-state index >= 15 is 0 Å². The summed E-state index contributed by atoms with van der Waals surface area (Å²) in [5.74, 6) is 1.24. The van der Waals surface area contributed by atoms with Gasteiger partial charge in [-0.05, 0) is 37.3 Å². The van der Waals surface area contributed by atoms with Crippen LogP contribution in [0.2, 0.25) is 0 Å². The van der Waals surface area contributed by atoms with E-state index in [0.29, 0.717) is 5.92 Å². The molecule has 1 unspecified atom stereocenters. The van der Waals surface area contributed by atoms with Gasteiger partial charge in [-0.25, -0.2) is 4.98 Å². The highest BCUT2D eigenvalue weighted by Crippen LogP contribution is 2.30. The van der Waals surface area contributed by atoms with Crippen LogP contribution in [-0.4, -0.2) is 35.6 Å². The van der Waals surface area contributed by atoms with Crippen molar-refractivity contribution >= 4 is 11.7 Å². The van der Waals surface area contributed by atoms with Crippen LogP contribution in [0.15, 0.2) is 6.07 Å². The minimum absolute atomic E-state index is 0.0876. The monoisotopic (exact) mass is 260 g/mol. The van der Waals surface area contributed by atoms with E-state index in [-0.39, 0.29) is 12.4 Å². The first-order chi connectivity index (χ1) is 9.19. The van der Waals surface area contributed by atoms with Crippen LogP contribution in [0.25, 0.3) is 0 Å². The van der Waals surface area contributed by atoms with E-state index in [1.165, 1.54) is 5.56 Å². The summed E-state index contributed by atoms with van der Waals surface area (Å²) < 4.78 is 0. The molecule has 2 heterocycles. The number of hydrogen-bond acceptors (Lipinski definition) is 4. The van der Waals surface area contributed by atoms with Gasteiger partial charge in [-0.2, -0.15) is 0 Å². The second-order valence-electron chi connectivity index (χ2n) is 5.52. The number of fused-ring (bicyclic) bond motifs is 1. The molecule has 4 N–H and O–H groups in total. The maximum Gasteiger partial charge on any atom is 0.139 e. The number of aromatic nitrogens is 1. The summed E-state index contributed by atoms with van der Waals surface area (Å²) in [7, 11) is 0. The Bertz CT molecular complexity index is 514. The summed E-state index contributed by atoms with van der Waals surface area (Å²) >= 11 is 0. The lowest BCUT2D eigenvalue weighted by Gasteiger charge is -2.21. The van der Waals surface area contributed by atoms with Crippen molar-refractivity contribution in [1.29, 1.82) is 5.41 Å². The molecule has 1 aromatic heterocycles. The number of aliphatic hydroxyl groups excluding tert-OH is 1. The number of anilines is 1. The van der Waals surface area contributed by atoms with Crippen LogP contribution in [0.5, 0.6) is 0 Å². The first-order valence-electron chi connectivity index (χ1n) is 6.92. The zero-order chi connectivity index (χ0) is 13.4. The lowest BCUT2D eigenvalue weighted by Crippen LogP contribution is -2.26. The van der Waals surface area contributed by atoms with Crippen molar-refractivity contribution in [1.82, 2.24) is 4.98 Å². The van der Waals surface area contributed by atoms with Gasteiger partial charge in [-0.1, -0.05) is 0 Å². The Labute approximate surface area is 113 Å². The van der Waals surface area contributed by atoms with Crippen LogP contribution in [0, 0.1) is 11.3 Å². The predicted octanol–water partition coefficient (Wildman–Crippen LogP) is 0.673. The van der Waals surface area contributed by atoms with E-state index in [1.807, 2.05) is 6.07 Å². The Kier molecular flexibility index (Phi) is 3.14. The minimum Gasteiger partial charge on any atom is -0.396 e. The summed E-state index contributed by atoms with van der Waals surface area (Å²) in [6, 6.07) is 2.04. The highest BCUT2D eigenvalue weighted by molar-refractivity contribution is 6.00. The molecule has 1 aliphatic heterocycles. The molecule has 5 nitrogen and oxygen atoms in total. The average Bonchev–Trinajstić information content (AvgIpc) is 3.05. The van der Waals surface area contributed by atoms with Crippen LogP contribution in [0.1, 0.15) is 29.7 Å². The Hall–Kier alpha value is -1.62. The fourth-order valence-corrected chi connectivity index (χ4v) is 3.07. The smallest absolute Gasteiger partial charge is 0.139 e. The van der Waals surface area contributed by atoms with Crippen molar-refractivity contribution in [2.24, 2.45) is 11.7 Å². The van der Waals surface area contributed by atoms with E-state index < -0.39 is 0 Å². The molecule has 1 fully saturated rings. The Morgan fingerprint density at radius 3 is 3.05 bits per heavy atom. The van der Waals surface area contributed by atoms with Crippen molar-refractivity contribution < 1.29 is 5.11 Å². The van der Waals surface area contributed by atoms with Gasteiger partial charge in [-0.15, -0.1) is 0 Å². The van der Waals surface area contributed by atoms with E-state index in [1.54, 1.807) is 0 Å². The van der Waals surface area contributed by atoms with Crippen LogP contribution >= 0.6 is 0 Å². The number of pyridine rings is 1. The van der Waals surface area contributed by atoms with Gasteiger partial charge in [0.15, 0.2) is 0 Å². The molecule has 0 bridgehead atoms. The van der Waals surface area contributed by atoms with Crippen LogP contribution in [0.4, 0.5) is 5.82 Å². The standard InChI is InChI=1S/C14H20N4O/c15-13(16)11-6-10-2-1-3-12(10)17-14(11)18-5-4-9(7-18)8-19/h6,9,19H,1-5,7-8H2,(H3,15,16). The van der Waals surface area contributed by atoms with Gasteiger partial charge < -0.3 is 15.7 Å². The fraction of sp³-hybridized carbons (Fsp3) is 0.571. The number of nitrogens with one attached hydrogen (secondary N) is 1. The third-order valence-corrected chi connectivity index (χ3v) is 4.16. The maximum absolute atomic E-state index is 9.25. The molecule has 2 aliphatic rings. The lowest BCUT2D eigenvalue weighted by atomic mass is 10.1. The number of aliphatic hydroxyl groups is 1. The number of aryl methyl sites for hydroxylation is 2. The highest BCUT2D eigenvalue weighted by atomic mass is 16.3.